The van der Waals surface area contributed by atoms with E-state index in [0.29, 0.717) is 5.57 Å². The molecule has 10 heteroatoms. The van der Waals surface area contributed by atoms with Crippen LogP contribution in [0.4, 0.5) is 0 Å². The van der Waals surface area contributed by atoms with Gasteiger partial charge >= 0.3 is 17.9 Å². The monoisotopic (exact) mass is 510 g/mol. The van der Waals surface area contributed by atoms with Gasteiger partial charge in [-0.3, -0.25) is 19.2 Å². The third-order valence-electron chi connectivity index (χ3n) is 8.86. The SMILES string of the molecule is CC(=O)O[C@H]1C2=C(CO)[C@@H](O)CC[C@@]2(C)[C@@H](OC(C)=O)[C@H](OC(C)=O)[C@@]2(O)[C@H](C)C(=O)C[C@@H]1C2(C)C. The van der Waals surface area contributed by atoms with E-state index in [9.17, 15) is 34.5 Å². The van der Waals surface area contributed by atoms with E-state index in [1.165, 1.54) is 13.8 Å². The van der Waals surface area contributed by atoms with Crippen LogP contribution in [0.5, 0.6) is 0 Å². The minimum Gasteiger partial charge on any atom is -0.458 e. The number of esters is 3. The molecule has 0 aromatic heterocycles. The molecule has 0 aromatic carbocycles. The maximum absolute atomic E-state index is 13.3. The number of aliphatic hydroxyl groups excluding tert-OH is 2. The van der Waals surface area contributed by atoms with Crippen molar-refractivity contribution in [2.45, 2.75) is 97.7 Å². The minimum absolute atomic E-state index is 0.0617. The number of fused-ring (bicyclic) bond motifs is 3. The molecule has 2 saturated carbocycles. The van der Waals surface area contributed by atoms with Gasteiger partial charge in [0.05, 0.1) is 12.7 Å². The first-order chi connectivity index (χ1) is 16.5. The highest BCUT2D eigenvalue weighted by molar-refractivity contribution is 5.84. The molecule has 0 amide bonds. The summed E-state index contributed by atoms with van der Waals surface area (Å²) in [6, 6.07) is 0. The number of hydrogen-bond acceptors (Lipinski definition) is 10. The van der Waals surface area contributed by atoms with Crippen LogP contribution < -0.4 is 0 Å². The maximum atomic E-state index is 13.3. The van der Waals surface area contributed by atoms with Crippen LogP contribution in [0.3, 0.4) is 0 Å². The van der Waals surface area contributed by atoms with Gasteiger partial charge in [0.1, 0.15) is 17.5 Å². The fourth-order valence-electron chi connectivity index (χ4n) is 6.92. The van der Waals surface area contributed by atoms with Crippen molar-refractivity contribution < 1.29 is 48.7 Å². The van der Waals surface area contributed by atoms with E-state index in [2.05, 4.69) is 0 Å². The summed E-state index contributed by atoms with van der Waals surface area (Å²) < 4.78 is 17.4. The van der Waals surface area contributed by atoms with Crippen molar-refractivity contribution in [1.82, 2.24) is 0 Å². The molecule has 0 aromatic rings. The smallest absolute Gasteiger partial charge is 0.303 e. The van der Waals surface area contributed by atoms with Gasteiger partial charge in [-0.05, 0) is 24.0 Å². The van der Waals surface area contributed by atoms with Gasteiger partial charge in [-0.1, -0.05) is 27.7 Å². The van der Waals surface area contributed by atoms with E-state index >= 15 is 0 Å². The Kier molecular flexibility index (Phi) is 7.49. The fourth-order valence-corrected chi connectivity index (χ4v) is 6.92. The minimum atomic E-state index is -2.01. The number of aliphatic hydroxyl groups is 3. The van der Waals surface area contributed by atoms with Gasteiger partial charge in [-0.25, -0.2) is 0 Å². The topological polar surface area (TPSA) is 157 Å². The zero-order valence-corrected chi connectivity index (χ0v) is 22.0. The molecule has 0 spiro atoms. The van der Waals surface area contributed by atoms with Crippen LogP contribution >= 0.6 is 0 Å². The molecule has 2 fully saturated rings. The van der Waals surface area contributed by atoms with Crippen LogP contribution in [0.25, 0.3) is 0 Å². The standard InChI is InChI=1S/C26H38O10/c1-12-19(32)10-17-21(34-13(2)28)20-16(11-27)18(31)8-9-25(20,7)22(35-14(3)29)23(36-15(4)30)26(12,33)24(17,5)6/h12,17-18,21-23,27,31,33H,8-11H2,1-7H3/t12-,17+,18+,21-,22+,23+,25-,26+/m1/s1. The predicted octanol–water partition coefficient (Wildman–Crippen LogP) is 1.23. The number of Topliss-reactive ketones (excluding diaryl/α,β-unsaturated/α-hetero) is 1. The third kappa shape index (κ3) is 4.16. The normalized spacial score (nSPS) is 39.9. The largest absolute Gasteiger partial charge is 0.458 e. The van der Waals surface area contributed by atoms with Gasteiger partial charge in [0.25, 0.3) is 0 Å². The molecular formula is C26H38O10. The molecule has 202 valence electrons. The first kappa shape index (κ1) is 28.3. The van der Waals surface area contributed by atoms with Crippen LogP contribution in [0.2, 0.25) is 0 Å². The molecule has 0 radical (unpaired) electrons. The van der Waals surface area contributed by atoms with Gasteiger partial charge < -0.3 is 29.5 Å². The summed E-state index contributed by atoms with van der Waals surface area (Å²) in [5, 5.41) is 33.6. The van der Waals surface area contributed by atoms with Crippen molar-refractivity contribution in [1.29, 1.82) is 0 Å². The zero-order chi connectivity index (χ0) is 27.4. The summed E-state index contributed by atoms with van der Waals surface area (Å²) in [4.78, 5) is 50.5. The summed E-state index contributed by atoms with van der Waals surface area (Å²) in [7, 11) is 0. The Labute approximate surface area is 211 Å². The average Bonchev–Trinajstić information content (AvgIpc) is 2.76. The quantitative estimate of drug-likeness (QED) is 0.285. The molecule has 0 heterocycles. The van der Waals surface area contributed by atoms with Crippen LogP contribution in [-0.2, 0) is 33.4 Å². The van der Waals surface area contributed by atoms with E-state index in [1.54, 1.807) is 27.7 Å². The Morgan fingerprint density at radius 1 is 0.972 bits per heavy atom. The number of carbonyl (C=O) groups is 4. The molecule has 8 atom stereocenters. The molecule has 3 rings (SSSR count). The second kappa shape index (κ2) is 9.54. The van der Waals surface area contributed by atoms with Crippen LogP contribution in [0, 0.1) is 22.7 Å². The second-order valence-electron chi connectivity index (χ2n) is 11.2. The highest BCUT2D eigenvalue weighted by atomic mass is 16.6. The third-order valence-corrected chi connectivity index (χ3v) is 8.86. The summed E-state index contributed by atoms with van der Waals surface area (Å²) in [6.07, 6.45) is -4.67. The lowest BCUT2D eigenvalue weighted by molar-refractivity contribution is -0.269. The lowest BCUT2D eigenvalue weighted by atomic mass is 9.46. The van der Waals surface area contributed by atoms with Gasteiger partial charge in [0.15, 0.2) is 12.2 Å². The van der Waals surface area contributed by atoms with Gasteiger partial charge in [0.2, 0.25) is 0 Å². The summed E-state index contributed by atoms with van der Waals surface area (Å²) in [5.41, 5.74) is -3.95. The molecule has 10 nitrogen and oxygen atoms in total. The molecule has 2 bridgehead atoms. The number of ketones is 1. The Morgan fingerprint density at radius 3 is 2.00 bits per heavy atom. The molecule has 36 heavy (non-hydrogen) atoms. The Morgan fingerprint density at radius 2 is 1.50 bits per heavy atom. The second-order valence-corrected chi connectivity index (χ2v) is 11.2. The van der Waals surface area contributed by atoms with Crippen molar-refractivity contribution >= 4 is 23.7 Å². The van der Waals surface area contributed by atoms with Crippen LogP contribution in [0.15, 0.2) is 11.1 Å². The molecular weight excluding hydrogens is 472 g/mol. The maximum Gasteiger partial charge on any atom is 0.303 e. The van der Waals surface area contributed by atoms with Crippen molar-refractivity contribution in [3.63, 3.8) is 0 Å². The first-order valence-electron chi connectivity index (χ1n) is 12.3. The molecule has 0 unspecified atom stereocenters. The first-order valence-corrected chi connectivity index (χ1v) is 12.3. The van der Waals surface area contributed by atoms with Crippen molar-refractivity contribution in [3.05, 3.63) is 11.1 Å². The lowest BCUT2D eigenvalue weighted by Crippen LogP contribution is -2.74. The highest BCUT2D eigenvalue weighted by Gasteiger charge is 2.71. The van der Waals surface area contributed by atoms with Crippen LogP contribution in [-0.4, -0.2) is 75.6 Å². The number of carbonyl (C=O) groups excluding carboxylic acids is 4. The predicted molar refractivity (Wildman–Crippen MR) is 125 cm³/mol. The van der Waals surface area contributed by atoms with Crippen molar-refractivity contribution in [3.8, 4) is 0 Å². The van der Waals surface area contributed by atoms with Gasteiger partial charge in [-0.15, -0.1) is 0 Å². The number of rotatable bonds is 4. The summed E-state index contributed by atoms with van der Waals surface area (Å²) >= 11 is 0. The molecule has 3 N–H and O–H groups in total. The number of ether oxygens (including phenoxy) is 3. The Balaban J connectivity index is 2.50. The van der Waals surface area contributed by atoms with Gasteiger partial charge in [0, 0.05) is 49.9 Å². The summed E-state index contributed by atoms with van der Waals surface area (Å²) in [6.45, 7) is 9.64. The van der Waals surface area contributed by atoms with Crippen LogP contribution in [0.1, 0.15) is 67.7 Å². The van der Waals surface area contributed by atoms with E-state index in [1.807, 2.05) is 0 Å². The van der Waals surface area contributed by atoms with Gasteiger partial charge in [-0.2, -0.15) is 0 Å². The Bertz CT molecular complexity index is 983. The molecule has 0 saturated heterocycles. The van der Waals surface area contributed by atoms with E-state index in [-0.39, 0.29) is 30.6 Å². The Hall–Kier alpha value is -2.30. The van der Waals surface area contributed by atoms with E-state index in [0.717, 1.165) is 6.92 Å². The molecule has 3 aliphatic rings. The zero-order valence-electron chi connectivity index (χ0n) is 22.0. The summed E-state index contributed by atoms with van der Waals surface area (Å²) in [5.74, 6) is -4.26. The molecule has 3 aliphatic carbocycles. The van der Waals surface area contributed by atoms with Crippen molar-refractivity contribution in [2.24, 2.45) is 22.7 Å². The van der Waals surface area contributed by atoms with Crippen molar-refractivity contribution in [2.75, 3.05) is 6.61 Å². The average molecular weight is 511 g/mol. The fraction of sp³-hybridized carbons (Fsp3) is 0.769. The number of hydrogen-bond donors (Lipinski definition) is 3. The lowest BCUT2D eigenvalue weighted by Gasteiger charge is -2.63. The molecule has 0 aliphatic heterocycles. The highest BCUT2D eigenvalue weighted by Crippen LogP contribution is 2.61. The van der Waals surface area contributed by atoms with E-state index < -0.39 is 77.2 Å². The van der Waals surface area contributed by atoms with E-state index in [4.69, 9.17) is 14.2 Å².